The molecule has 1 aliphatic carbocycles. The maximum absolute atomic E-state index is 12.5. The van der Waals surface area contributed by atoms with Crippen molar-refractivity contribution < 1.29 is 9.59 Å². The number of likely N-dealkylation sites (tertiary alicyclic amines) is 1. The quantitative estimate of drug-likeness (QED) is 0.873. The fraction of sp³-hybridized carbons (Fsp3) is 0.579. The highest BCUT2D eigenvalue weighted by Gasteiger charge is 2.25. The summed E-state index contributed by atoms with van der Waals surface area (Å²) in [6, 6.07) is 7.44. The number of carbonyl (C=O) groups is 2. The van der Waals surface area contributed by atoms with Gasteiger partial charge in [-0.2, -0.15) is 0 Å². The molecule has 1 aromatic carbocycles. The number of amides is 2. The second-order valence-electron chi connectivity index (χ2n) is 7.20. The largest absolute Gasteiger partial charge is 0.374 e. The number of rotatable bonds is 5. The molecule has 1 unspecified atom stereocenters. The van der Waals surface area contributed by atoms with E-state index in [1.807, 2.05) is 24.0 Å². The second-order valence-corrected chi connectivity index (χ2v) is 7.20. The first kappa shape index (κ1) is 16.8. The smallest absolute Gasteiger partial charge is 0.251 e. The number of benzene rings is 1. The first-order valence-corrected chi connectivity index (χ1v) is 8.99. The van der Waals surface area contributed by atoms with Crippen molar-refractivity contribution in [2.45, 2.75) is 51.6 Å². The van der Waals surface area contributed by atoms with Crippen molar-refractivity contribution in [1.82, 2.24) is 10.2 Å². The number of piperidine rings is 1. The van der Waals surface area contributed by atoms with E-state index in [9.17, 15) is 9.59 Å². The van der Waals surface area contributed by atoms with Gasteiger partial charge in [-0.3, -0.25) is 9.59 Å². The summed E-state index contributed by atoms with van der Waals surface area (Å²) in [6.45, 7) is 5.84. The van der Waals surface area contributed by atoms with Crippen LogP contribution in [-0.4, -0.2) is 41.9 Å². The Hall–Kier alpha value is -2.04. The van der Waals surface area contributed by atoms with Crippen molar-refractivity contribution in [3.05, 3.63) is 29.8 Å². The molecule has 1 saturated heterocycles. The summed E-state index contributed by atoms with van der Waals surface area (Å²) in [6.07, 6.45) is 4.34. The summed E-state index contributed by atoms with van der Waals surface area (Å²) in [7, 11) is 0. The molecular weight excluding hydrogens is 302 g/mol. The molecule has 130 valence electrons. The molecule has 2 fully saturated rings. The minimum Gasteiger partial charge on any atom is -0.374 e. The molecule has 1 aliphatic heterocycles. The van der Waals surface area contributed by atoms with Crippen LogP contribution in [0.4, 0.5) is 5.69 Å². The Morgan fingerprint density at radius 2 is 1.71 bits per heavy atom. The first-order chi connectivity index (χ1) is 11.5. The van der Waals surface area contributed by atoms with Gasteiger partial charge < -0.3 is 15.5 Å². The number of nitrogens with one attached hydrogen (secondary N) is 2. The van der Waals surface area contributed by atoms with Gasteiger partial charge in [-0.05, 0) is 62.8 Å². The Morgan fingerprint density at radius 1 is 1.08 bits per heavy atom. The fourth-order valence-electron chi connectivity index (χ4n) is 3.03. The molecule has 3 rings (SSSR count). The molecular formula is C19H27N3O2. The summed E-state index contributed by atoms with van der Waals surface area (Å²) in [4.78, 5) is 26.4. The highest BCUT2D eigenvalue weighted by atomic mass is 16.2. The van der Waals surface area contributed by atoms with Crippen molar-refractivity contribution in [2.24, 2.45) is 5.92 Å². The molecule has 0 spiro atoms. The monoisotopic (exact) mass is 329 g/mol. The first-order valence-electron chi connectivity index (χ1n) is 8.99. The van der Waals surface area contributed by atoms with E-state index in [1.165, 1.54) is 0 Å². The van der Waals surface area contributed by atoms with E-state index in [-0.39, 0.29) is 17.9 Å². The third-order valence-corrected chi connectivity index (χ3v) is 4.91. The molecule has 2 N–H and O–H groups in total. The van der Waals surface area contributed by atoms with Crippen molar-refractivity contribution in [3.8, 4) is 0 Å². The zero-order valence-electron chi connectivity index (χ0n) is 14.5. The topological polar surface area (TPSA) is 61.4 Å². The molecule has 5 heteroatoms. The molecule has 0 aromatic heterocycles. The Kier molecular flexibility index (Phi) is 5.07. The van der Waals surface area contributed by atoms with Crippen molar-refractivity contribution in [1.29, 1.82) is 0 Å². The van der Waals surface area contributed by atoms with Crippen LogP contribution in [0.3, 0.4) is 0 Å². The predicted octanol–water partition coefficient (Wildman–Crippen LogP) is 2.64. The van der Waals surface area contributed by atoms with Gasteiger partial charge >= 0.3 is 0 Å². The van der Waals surface area contributed by atoms with Crippen LogP contribution in [0.5, 0.6) is 0 Å². The summed E-state index contributed by atoms with van der Waals surface area (Å²) >= 11 is 0. The zero-order chi connectivity index (χ0) is 17.1. The van der Waals surface area contributed by atoms with E-state index < -0.39 is 0 Å². The van der Waals surface area contributed by atoms with Crippen LogP contribution < -0.4 is 10.6 Å². The molecule has 0 radical (unpaired) electrons. The molecule has 2 amide bonds. The summed E-state index contributed by atoms with van der Waals surface area (Å²) in [5.41, 5.74) is 1.53. The molecule has 24 heavy (non-hydrogen) atoms. The average molecular weight is 329 g/mol. The van der Waals surface area contributed by atoms with Gasteiger partial charge in [-0.25, -0.2) is 0 Å². The molecule has 1 heterocycles. The van der Waals surface area contributed by atoms with E-state index in [0.717, 1.165) is 44.5 Å². The molecule has 1 saturated carbocycles. The minimum absolute atomic E-state index is 0.0180. The second kappa shape index (κ2) is 7.24. The van der Waals surface area contributed by atoms with E-state index in [1.54, 1.807) is 12.1 Å². The number of hydrogen-bond donors (Lipinski definition) is 2. The van der Waals surface area contributed by atoms with Gasteiger partial charge in [0.05, 0.1) is 0 Å². The summed E-state index contributed by atoms with van der Waals surface area (Å²) < 4.78 is 0. The van der Waals surface area contributed by atoms with Gasteiger partial charge in [0.25, 0.3) is 5.91 Å². The van der Waals surface area contributed by atoms with Crippen molar-refractivity contribution >= 4 is 17.5 Å². The SMILES string of the molecule is CC1CCN(C(=O)C(C)Nc2ccc(C(=O)NC3CC3)cc2)CC1. The lowest BCUT2D eigenvalue weighted by Gasteiger charge is -2.32. The minimum atomic E-state index is -0.260. The van der Waals surface area contributed by atoms with Gasteiger partial charge in [0.1, 0.15) is 6.04 Å². The lowest BCUT2D eigenvalue weighted by molar-refractivity contribution is -0.132. The van der Waals surface area contributed by atoms with Crippen LogP contribution in [-0.2, 0) is 4.79 Å². The van der Waals surface area contributed by atoms with Crippen LogP contribution >= 0.6 is 0 Å². The van der Waals surface area contributed by atoms with E-state index in [4.69, 9.17) is 0 Å². The van der Waals surface area contributed by atoms with Crippen molar-refractivity contribution in [3.63, 3.8) is 0 Å². The lowest BCUT2D eigenvalue weighted by Crippen LogP contribution is -2.45. The van der Waals surface area contributed by atoms with Crippen LogP contribution in [0.2, 0.25) is 0 Å². The normalized spacial score (nSPS) is 19.7. The Balaban J connectivity index is 1.52. The maximum Gasteiger partial charge on any atom is 0.251 e. The predicted molar refractivity (Wildman–Crippen MR) is 95.0 cm³/mol. The molecule has 1 atom stereocenters. The van der Waals surface area contributed by atoms with Gasteiger partial charge in [0.2, 0.25) is 5.91 Å². The number of nitrogens with zero attached hydrogens (tertiary/aromatic N) is 1. The van der Waals surface area contributed by atoms with Crippen LogP contribution in [0, 0.1) is 5.92 Å². The molecule has 2 aliphatic rings. The third-order valence-electron chi connectivity index (χ3n) is 4.91. The van der Waals surface area contributed by atoms with Gasteiger partial charge in [0, 0.05) is 30.4 Å². The lowest BCUT2D eigenvalue weighted by atomic mass is 9.99. The highest BCUT2D eigenvalue weighted by Crippen LogP contribution is 2.20. The van der Waals surface area contributed by atoms with Gasteiger partial charge in [-0.15, -0.1) is 0 Å². The highest BCUT2D eigenvalue weighted by molar-refractivity contribution is 5.95. The van der Waals surface area contributed by atoms with Gasteiger partial charge in [0.15, 0.2) is 0 Å². The zero-order valence-corrected chi connectivity index (χ0v) is 14.5. The Bertz CT molecular complexity index is 587. The van der Waals surface area contributed by atoms with E-state index in [2.05, 4.69) is 17.6 Å². The maximum atomic E-state index is 12.5. The van der Waals surface area contributed by atoms with Crippen LogP contribution in [0.15, 0.2) is 24.3 Å². The van der Waals surface area contributed by atoms with Gasteiger partial charge in [-0.1, -0.05) is 6.92 Å². The standard InChI is InChI=1S/C19H27N3O2/c1-13-9-11-22(12-10-13)19(24)14(2)20-16-5-3-15(4-6-16)18(23)21-17-7-8-17/h3-6,13-14,17,20H,7-12H2,1-2H3,(H,21,23). The van der Waals surface area contributed by atoms with Crippen molar-refractivity contribution in [2.75, 3.05) is 18.4 Å². The summed E-state index contributed by atoms with van der Waals surface area (Å²) in [5, 5.41) is 6.22. The number of anilines is 1. The number of hydrogen-bond acceptors (Lipinski definition) is 3. The average Bonchev–Trinajstić information content (AvgIpc) is 3.39. The van der Waals surface area contributed by atoms with Crippen LogP contribution in [0.25, 0.3) is 0 Å². The van der Waals surface area contributed by atoms with E-state index in [0.29, 0.717) is 17.5 Å². The Morgan fingerprint density at radius 3 is 2.29 bits per heavy atom. The molecule has 1 aromatic rings. The van der Waals surface area contributed by atoms with E-state index >= 15 is 0 Å². The summed E-state index contributed by atoms with van der Waals surface area (Å²) in [5.74, 6) is 0.847. The number of carbonyl (C=O) groups excluding carboxylic acids is 2. The molecule has 5 nitrogen and oxygen atoms in total. The molecule has 0 bridgehead atoms. The fourth-order valence-corrected chi connectivity index (χ4v) is 3.03. The third kappa shape index (κ3) is 4.28. The van der Waals surface area contributed by atoms with Crippen LogP contribution in [0.1, 0.15) is 49.9 Å². The Labute approximate surface area is 143 Å².